The van der Waals surface area contributed by atoms with Gasteiger partial charge in [0.1, 0.15) is 0 Å². The maximum Gasteiger partial charge on any atom is 0.311 e. The normalized spacial score (nSPS) is 17.3. The summed E-state index contributed by atoms with van der Waals surface area (Å²) in [5.74, 6) is -0.783. The van der Waals surface area contributed by atoms with E-state index in [0.717, 1.165) is 10.0 Å². The fraction of sp³-hybridized carbons (Fsp3) is 0.467. The molecular formula is C15H18BrNO3. The van der Waals surface area contributed by atoms with Crippen LogP contribution >= 0.6 is 15.9 Å². The molecule has 0 heterocycles. The monoisotopic (exact) mass is 339 g/mol. The Kier molecular flexibility index (Phi) is 4.48. The minimum Gasteiger partial charge on any atom is -0.481 e. The third-order valence-electron chi connectivity index (χ3n) is 3.86. The van der Waals surface area contributed by atoms with Gasteiger partial charge < -0.3 is 10.4 Å². The van der Waals surface area contributed by atoms with Crippen LogP contribution in [-0.4, -0.2) is 23.5 Å². The molecule has 1 fully saturated rings. The summed E-state index contributed by atoms with van der Waals surface area (Å²) < 4.78 is 1.01. The van der Waals surface area contributed by atoms with E-state index >= 15 is 0 Å². The first-order chi connectivity index (χ1) is 9.43. The van der Waals surface area contributed by atoms with Crippen LogP contribution in [0, 0.1) is 5.41 Å². The van der Waals surface area contributed by atoms with Crippen molar-refractivity contribution >= 4 is 27.8 Å². The van der Waals surface area contributed by atoms with Gasteiger partial charge in [-0.25, -0.2) is 0 Å². The number of carbonyl (C=O) groups excluding carboxylic acids is 1. The van der Waals surface area contributed by atoms with Crippen molar-refractivity contribution in [1.29, 1.82) is 0 Å². The summed E-state index contributed by atoms with van der Waals surface area (Å²) in [7, 11) is 0. The highest BCUT2D eigenvalue weighted by Gasteiger charge is 2.50. The van der Waals surface area contributed by atoms with Crippen LogP contribution in [0.1, 0.15) is 37.7 Å². The Labute approximate surface area is 126 Å². The number of hydrogen-bond donors (Lipinski definition) is 2. The first-order valence-electron chi connectivity index (χ1n) is 6.68. The summed E-state index contributed by atoms with van der Waals surface area (Å²) in [6.07, 6.45) is 1.69. The average Bonchev–Trinajstić information content (AvgIpc) is 3.18. The molecule has 0 aromatic heterocycles. The molecule has 0 bridgehead atoms. The summed E-state index contributed by atoms with van der Waals surface area (Å²) in [5, 5.41) is 11.8. The quantitative estimate of drug-likeness (QED) is 0.837. The molecule has 0 radical (unpaired) electrons. The van der Waals surface area contributed by atoms with Crippen molar-refractivity contribution in [3.05, 3.63) is 34.3 Å². The Balaban J connectivity index is 1.82. The molecule has 2 N–H and O–H groups in total. The van der Waals surface area contributed by atoms with E-state index < -0.39 is 11.4 Å². The van der Waals surface area contributed by atoms with E-state index in [2.05, 4.69) is 21.2 Å². The lowest BCUT2D eigenvalue weighted by molar-refractivity contribution is -0.143. The molecule has 1 atom stereocenters. The van der Waals surface area contributed by atoms with Gasteiger partial charge in [0.2, 0.25) is 5.91 Å². The second-order valence-corrected chi connectivity index (χ2v) is 6.43. The lowest BCUT2D eigenvalue weighted by atomic mass is 9.97. The molecule has 1 saturated carbocycles. The minimum absolute atomic E-state index is 0.0899. The Bertz CT molecular complexity index is 508. The molecule has 1 aromatic carbocycles. The molecule has 4 nitrogen and oxygen atoms in total. The Morgan fingerprint density at radius 2 is 1.95 bits per heavy atom. The zero-order valence-electron chi connectivity index (χ0n) is 11.4. The lowest BCUT2D eigenvalue weighted by Gasteiger charge is -2.14. The van der Waals surface area contributed by atoms with Crippen molar-refractivity contribution in [2.24, 2.45) is 5.41 Å². The number of carbonyl (C=O) groups is 2. The van der Waals surface area contributed by atoms with E-state index in [1.807, 2.05) is 31.2 Å². The number of carboxylic acid groups (broad SMARTS) is 1. The Morgan fingerprint density at radius 3 is 2.45 bits per heavy atom. The molecule has 1 amide bonds. The predicted molar refractivity (Wildman–Crippen MR) is 79.5 cm³/mol. The van der Waals surface area contributed by atoms with E-state index in [-0.39, 0.29) is 18.4 Å². The van der Waals surface area contributed by atoms with Gasteiger partial charge in [-0.2, -0.15) is 0 Å². The van der Waals surface area contributed by atoms with Crippen molar-refractivity contribution < 1.29 is 14.7 Å². The molecule has 2 rings (SSSR count). The van der Waals surface area contributed by atoms with Gasteiger partial charge in [-0.15, -0.1) is 0 Å². The number of aliphatic carboxylic acids is 1. The van der Waals surface area contributed by atoms with Crippen LogP contribution in [0.25, 0.3) is 0 Å². The van der Waals surface area contributed by atoms with Crippen LogP contribution in [0.15, 0.2) is 28.7 Å². The van der Waals surface area contributed by atoms with Crippen molar-refractivity contribution in [3.8, 4) is 0 Å². The lowest BCUT2D eigenvalue weighted by Crippen LogP contribution is -2.34. The predicted octanol–water partition coefficient (Wildman–Crippen LogP) is 2.92. The van der Waals surface area contributed by atoms with Gasteiger partial charge in [-0.1, -0.05) is 35.0 Å². The number of benzene rings is 1. The smallest absolute Gasteiger partial charge is 0.311 e. The summed E-state index contributed by atoms with van der Waals surface area (Å²) in [6, 6.07) is 7.88. The molecule has 0 saturated heterocycles. The zero-order valence-corrected chi connectivity index (χ0v) is 12.9. The van der Waals surface area contributed by atoms with Crippen LogP contribution < -0.4 is 5.32 Å². The highest BCUT2D eigenvalue weighted by molar-refractivity contribution is 9.10. The molecule has 20 heavy (non-hydrogen) atoms. The number of nitrogens with one attached hydrogen (secondary N) is 1. The molecule has 0 spiro atoms. The first-order valence-corrected chi connectivity index (χ1v) is 7.48. The van der Waals surface area contributed by atoms with E-state index in [9.17, 15) is 9.59 Å². The standard InChI is InChI=1S/C15H18BrNO3/c1-10(11-2-4-12(16)5-3-11)8-13(18)17-9-15(6-7-15)14(19)20/h2-5,10H,6-9H2,1H3,(H,17,18)(H,19,20). The third kappa shape index (κ3) is 3.60. The van der Waals surface area contributed by atoms with Crippen LogP contribution in [0.5, 0.6) is 0 Å². The summed E-state index contributed by atoms with van der Waals surface area (Å²) in [6.45, 7) is 2.24. The summed E-state index contributed by atoms with van der Waals surface area (Å²) in [5.41, 5.74) is 0.402. The summed E-state index contributed by atoms with van der Waals surface area (Å²) >= 11 is 3.38. The van der Waals surface area contributed by atoms with Gasteiger partial charge in [0, 0.05) is 17.4 Å². The second kappa shape index (κ2) is 5.95. The second-order valence-electron chi connectivity index (χ2n) is 5.52. The fourth-order valence-electron chi connectivity index (χ4n) is 2.14. The SMILES string of the molecule is CC(CC(=O)NCC1(C(=O)O)CC1)c1ccc(Br)cc1. The molecule has 5 heteroatoms. The highest BCUT2D eigenvalue weighted by atomic mass is 79.9. The minimum atomic E-state index is -0.807. The molecule has 1 unspecified atom stereocenters. The van der Waals surface area contributed by atoms with Crippen LogP contribution in [0.4, 0.5) is 0 Å². The highest BCUT2D eigenvalue weighted by Crippen LogP contribution is 2.45. The maximum absolute atomic E-state index is 11.9. The molecule has 1 aliphatic carbocycles. The van der Waals surface area contributed by atoms with Gasteiger partial charge in [0.15, 0.2) is 0 Å². The summed E-state index contributed by atoms with van der Waals surface area (Å²) in [4.78, 5) is 22.9. The van der Waals surface area contributed by atoms with Gasteiger partial charge in [0.25, 0.3) is 0 Å². The van der Waals surface area contributed by atoms with E-state index in [1.165, 1.54) is 0 Å². The van der Waals surface area contributed by atoms with Gasteiger partial charge in [0.05, 0.1) is 5.41 Å². The van der Waals surface area contributed by atoms with E-state index in [1.54, 1.807) is 0 Å². The van der Waals surface area contributed by atoms with Crippen molar-refractivity contribution in [3.63, 3.8) is 0 Å². The van der Waals surface area contributed by atoms with Gasteiger partial charge in [-0.3, -0.25) is 9.59 Å². The van der Waals surface area contributed by atoms with E-state index in [0.29, 0.717) is 19.3 Å². The zero-order chi connectivity index (χ0) is 14.8. The molecule has 1 aliphatic rings. The van der Waals surface area contributed by atoms with Crippen LogP contribution in [0.3, 0.4) is 0 Å². The number of amides is 1. The first kappa shape index (κ1) is 15.0. The van der Waals surface area contributed by atoms with E-state index in [4.69, 9.17) is 5.11 Å². The number of hydrogen-bond acceptors (Lipinski definition) is 2. The molecular weight excluding hydrogens is 322 g/mol. The topological polar surface area (TPSA) is 66.4 Å². The van der Waals surface area contributed by atoms with Gasteiger partial charge >= 0.3 is 5.97 Å². The number of rotatable bonds is 6. The Hall–Kier alpha value is -1.36. The van der Waals surface area contributed by atoms with Crippen molar-refractivity contribution in [2.75, 3.05) is 6.54 Å². The average molecular weight is 340 g/mol. The van der Waals surface area contributed by atoms with Crippen molar-refractivity contribution in [1.82, 2.24) is 5.32 Å². The number of halogens is 1. The third-order valence-corrected chi connectivity index (χ3v) is 4.39. The molecule has 0 aliphatic heterocycles. The van der Waals surface area contributed by atoms with Crippen molar-refractivity contribution in [2.45, 2.75) is 32.1 Å². The van der Waals surface area contributed by atoms with Gasteiger partial charge in [-0.05, 0) is 36.5 Å². The molecule has 108 valence electrons. The largest absolute Gasteiger partial charge is 0.481 e. The maximum atomic E-state index is 11.9. The fourth-order valence-corrected chi connectivity index (χ4v) is 2.41. The Morgan fingerprint density at radius 1 is 1.35 bits per heavy atom. The molecule has 1 aromatic rings. The van der Waals surface area contributed by atoms with Crippen LogP contribution in [-0.2, 0) is 9.59 Å². The number of carboxylic acids is 1. The van der Waals surface area contributed by atoms with Crippen LogP contribution in [0.2, 0.25) is 0 Å².